The maximum atomic E-state index is 14.8. The van der Waals surface area contributed by atoms with Crippen molar-refractivity contribution in [3.63, 3.8) is 0 Å². The lowest BCUT2D eigenvalue weighted by Crippen LogP contribution is -3.10. The van der Waals surface area contributed by atoms with Crippen LogP contribution in [0, 0.1) is 104 Å². The van der Waals surface area contributed by atoms with Gasteiger partial charge in [-0.05, 0) is 259 Å². The van der Waals surface area contributed by atoms with E-state index in [2.05, 4.69) is 83.1 Å². The molecule has 0 aromatic heterocycles. The van der Waals surface area contributed by atoms with Crippen molar-refractivity contribution in [2.45, 2.75) is 214 Å². The third kappa shape index (κ3) is 8.79. The first-order valence-electron chi connectivity index (χ1n) is 23.6. The molecule has 5 rings (SSSR count). The topological polar surface area (TPSA) is 110 Å². The second kappa shape index (κ2) is 17.3. The van der Waals surface area contributed by atoms with Crippen molar-refractivity contribution >= 4 is 22.7 Å². The molecule has 4 atom stereocenters. The van der Waals surface area contributed by atoms with Gasteiger partial charge in [0.2, 0.25) is 0 Å². The molecule has 0 saturated carbocycles. The molecule has 4 N–H and O–H groups in total. The number of fused-ring (bicyclic) bond motifs is 8. The van der Waals surface area contributed by atoms with Gasteiger partial charge in [0.25, 0.3) is 0 Å². The Balaban J connectivity index is 2.12. The van der Waals surface area contributed by atoms with Crippen molar-refractivity contribution in [3.05, 3.63) is 132 Å². The standard InChI is InChI=1S/C56H84N4O4/c1-29-41-25-43-30(2)45(37(9)50(35(43)7)58(62)54(16,17)18)27-47-32(4)48(40(12)52(39(47)11)60(64)56(22,23)24)28-46-31(3)44(36(8)51(38(46)10)59(63)55(19,20)21)26-42(29)34(6)49(33(41)5)57(61)53(13,14)15/h57-60H,25-28H2,1-24H3. The van der Waals surface area contributed by atoms with Crippen LogP contribution in [0.15, 0.2) is 0 Å². The molecule has 8 nitrogen and oxygen atoms in total. The quantitative estimate of drug-likeness (QED) is 0.135. The molecule has 1 aliphatic carbocycles. The summed E-state index contributed by atoms with van der Waals surface area (Å²) in [5.41, 5.74) is 22.1. The first-order valence-corrected chi connectivity index (χ1v) is 23.6. The molecule has 0 spiro atoms. The largest absolute Gasteiger partial charge is 0.628 e. The van der Waals surface area contributed by atoms with Crippen LogP contribution < -0.4 is 20.3 Å². The van der Waals surface area contributed by atoms with Gasteiger partial charge in [0.05, 0.1) is 22.2 Å². The highest BCUT2D eigenvalue weighted by Crippen LogP contribution is 2.42. The Labute approximate surface area is 387 Å². The van der Waals surface area contributed by atoms with Gasteiger partial charge in [-0.1, -0.05) is 0 Å². The zero-order chi connectivity index (χ0) is 49.0. The SMILES string of the molecule is Cc1c2c(C)c([NH+]([O-])C(C)(C)C)c(C)c1Cc1c(C)c(c(C)c([NH+]([O-])C(C)(C)C)c1C)Cc1c(C)c(c(C)c([NH+]([O-])C(C)(C)C)c1C)Cc1c(C)c(c(C)c([NH+]([O-])C(C)(C)C)c1C)C2. The first-order chi connectivity index (χ1) is 29.0. The fourth-order valence-corrected chi connectivity index (χ4v) is 11.0. The monoisotopic (exact) mass is 877 g/mol. The molecule has 64 heavy (non-hydrogen) atoms. The summed E-state index contributed by atoms with van der Waals surface area (Å²) in [6.45, 7) is 49.8. The van der Waals surface area contributed by atoms with Crippen molar-refractivity contribution in [1.82, 2.24) is 0 Å². The molecule has 8 bridgehead atoms. The third-order valence-corrected chi connectivity index (χ3v) is 15.3. The molecule has 0 saturated heterocycles. The highest BCUT2D eigenvalue weighted by atomic mass is 16.5. The summed E-state index contributed by atoms with van der Waals surface area (Å²) in [7, 11) is 0. The molecule has 4 aromatic carbocycles. The van der Waals surface area contributed by atoms with Gasteiger partial charge in [-0.2, -0.15) is 0 Å². The molecule has 352 valence electrons. The van der Waals surface area contributed by atoms with Gasteiger partial charge in [-0.25, -0.2) is 0 Å². The maximum absolute atomic E-state index is 14.8. The Morgan fingerprint density at radius 2 is 0.344 bits per heavy atom. The summed E-state index contributed by atoms with van der Waals surface area (Å²) in [5.74, 6) is 0. The van der Waals surface area contributed by atoms with Crippen LogP contribution in [0.1, 0.15) is 194 Å². The van der Waals surface area contributed by atoms with E-state index in [1.807, 2.05) is 83.1 Å². The summed E-state index contributed by atoms with van der Waals surface area (Å²) in [4.78, 5) is 0. The van der Waals surface area contributed by atoms with Crippen LogP contribution >= 0.6 is 0 Å². The fraction of sp³-hybridized carbons (Fsp3) is 0.571. The molecule has 0 amide bonds. The highest BCUT2D eigenvalue weighted by Gasteiger charge is 2.36. The summed E-state index contributed by atoms with van der Waals surface area (Å²) >= 11 is 0. The second-order valence-corrected chi connectivity index (χ2v) is 23.9. The zero-order valence-corrected chi connectivity index (χ0v) is 44.5. The Hall–Kier alpha value is -3.44. The van der Waals surface area contributed by atoms with Crippen LogP contribution in [0.25, 0.3) is 0 Å². The van der Waals surface area contributed by atoms with Gasteiger partial charge in [0.15, 0.2) is 0 Å². The van der Waals surface area contributed by atoms with E-state index >= 15 is 0 Å². The molecule has 0 fully saturated rings. The minimum Gasteiger partial charge on any atom is -0.628 e. The minimum absolute atomic E-state index is 0.114. The van der Waals surface area contributed by atoms with E-state index in [0.29, 0.717) is 25.7 Å². The minimum atomic E-state index is -0.617. The van der Waals surface area contributed by atoms with Gasteiger partial charge >= 0.3 is 0 Å². The van der Waals surface area contributed by atoms with Crippen molar-refractivity contribution in [2.75, 3.05) is 0 Å². The molecule has 1 aliphatic rings. The molecule has 8 heteroatoms. The smallest absolute Gasteiger partial charge is 0.138 e. The van der Waals surface area contributed by atoms with E-state index in [9.17, 15) is 20.8 Å². The van der Waals surface area contributed by atoms with Crippen molar-refractivity contribution < 1.29 is 20.3 Å². The van der Waals surface area contributed by atoms with Crippen LogP contribution in [0.5, 0.6) is 0 Å². The molecule has 0 radical (unpaired) electrons. The summed E-state index contributed by atoms with van der Waals surface area (Å²) < 4.78 is 0. The first kappa shape index (κ1) is 51.5. The molecular weight excluding hydrogens is 793 g/mol. The number of hydroxylamine groups is 4. The van der Waals surface area contributed by atoms with Crippen molar-refractivity contribution in [3.8, 4) is 0 Å². The third-order valence-electron chi connectivity index (χ3n) is 15.3. The van der Waals surface area contributed by atoms with E-state index in [4.69, 9.17) is 0 Å². The van der Waals surface area contributed by atoms with E-state index < -0.39 is 22.2 Å². The number of nitrogens with one attached hydrogen (secondary N) is 4. The number of hydrogen-bond acceptors (Lipinski definition) is 4. The Morgan fingerprint density at radius 1 is 0.234 bits per heavy atom. The van der Waals surface area contributed by atoms with Crippen LogP contribution in [0.4, 0.5) is 22.7 Å². The lowest BCUT2D eigenvalue weighted by atomic mass is 9.77. The number of quaternary nitrogens is 4. The van der Waals surface area contributed by atoms with Gasteiger partial charge in [0.1, 0.15) is 22.7 Å². The Morgan fingerprint density at radius 3 is 0.438 bits per heavy atom. The second-order valence-electron chi connectivity index (χ2n) is 23.9. The Bertz CT molecular complexity index is 2050. The summed E-state index contributed by atoms with van der Waals surface area (Å²) in [5, 5.41) is 59.5. The van der Waals surface area contributed by atoms with Gasteiger partial charge in [-0.3, -0.25) is 0 Å². The molecule has 4 unspecified atom stereocenters. The molecule has 0 aliphatic heterocycles. The van der Waals surface area contributed by atoms with E-state index in [0.717, 1.165) is 134 Å². The number of hydrogen-bond donors (Lipinski definition) is 4. The normalized spacial score (nSPS) is 15.9. The highest BCUT2D eigenvalue weighted by molar-refractivity contribution is 5.69. The Kier molecular flexibility index (Phi) is 14.0. The summed E-state index contributed by atoms with van der Waals surface area (Å²) in [6, 6.07) is 0. The van der Waals surface area contributed by atoms with Crippen LogP contribution in [0.3, 0.4) is 0 Å². The van der Waals surface area contributed by atoms with Crippen molar-refractivity contribution in [1.29, 1.82) is 0 Å². The number of rotatable bonds is 4. The molecular formula is C56H84N4O4. The van der Waals surface area contributed by atoms with E-state index in [1.165, 1.54) is 0 Å². The molecule has 0 heterocycles. The average Bonchev–Trinajstić information content (AvgIpc) is 3.14. The zero-order valence-electron chi connectivity index (χ0n) is 44.5. The maximum Gasteiger partial charge on any atom is 0.138 e. The predicted molar refractivity (Wildman–Crippen MR) is 269 cm³/mol. The lowest BCUT2D eigenvalue weighted by Gasteiger charge is -2.40. The fourth-order valence-electron chi connectivity index (χ4n) is 11.0. The van der Waals surface area contributed by atoms with Crippen molar-refractivity contribution in [2.24, 2.45) is 0 Å². The van der Waals surface area contributed by atoms with Gasteiger partial charge in [-0.15, -0.1) is 0 Å². The van der Waals surface area contributed by atoms with Crippen LogP contribution in [-0.2, 0) is 25.7 Å². The van der Waals surface area contributed by atoms with Crippen LogP contribution in [-0.4, -0.2) is 22.2 Å². The van der Waals surface area contributed by atoms with Gasteiger partial charge < -0.3 is 41.1 Å². The van der Waals surface area contributed by atoms with Crippen LogP contribution in [0.2, 0.25) is 0 Å². The molecule has 4 aromatic rings. The van der Waals surface area contributed by atoms with E-state index in [-0.39, 0.29) is 20.3 Å². The van der Waals surface area contributed by atoms with Gasteiger partial charge in [0, 0.05) is 44.5 Å². The number of benzene rings is 4. The average molecular weight is 877 g/mol. The van der Waals surface area contributed by atoms with E-state index in [1.54, 1.807) is 0 Å². The lowest BCUT2D eigenvalue weighted by molar-refractivity contribution is -0.832. The summed E-state index contributed by atoms with van der Waals surface area (Å²) in [6.07, 6.45) is 2.22. The predicted octanol–water partition coefficient (Wildman–Crippen LogP) is 9.32.